The van der Waals surface area contributed by atoms with Gasteiger partial charge in [-0.15, -0.1) is 0 Å². The van der Waals surface area contributed by atoms with Gasteiger partial charge in [0, 0.05) is 37.2 Å². The van der Waals surface area contributed by atoms with Crippen molar-refractivity contribution in [3.05, 3.63) is 35.9 Å². The average Bonchev–Trinajstić information content (AvgIpc) is 2.38. The zero-order chi connectivity index (χ0) is 13.2. The van der Waals surface area contributed by atoms with Gasteiger partial charge in [-0.1, -0.05) is 30.3 Å². The molecule has 0 aliphatic carbocycles. The van der Waals surface area contributed by atoms with Crippen molar-refractivity contribution in [1.82, 2.24) is 10.2 Å². The molecular weight excluding hydrogens is 240 g/mol. The first-order valence-electron chi connectivity index (χ1n) is 6.73. The molecule has 0 aliphatic rings. The summed E-state index contributed by atoms with van der Waals surface area (Å²) in [6, 6.07) is 11.3. The summed E-state index contributed by atoms with van der Waals surface area (Å²) in [5.41, 5.74) is 1.42. The van der Waals surface area contributed by atoms with Crippen molar-refractivity contribution in [2.75, 3.05) is 32.4 Å². The minimum absolute atomic E-state index is 0.638. The summed E-state index contributed by atoms with van der Waals surface area (Å²) in [7, 11) is 2.18. The topological polar surface area (TPSA) is 15.3 Å². The molecule has 1 aromatic carbocycles. The third-order valence-corrected chi connectivity index (χ3v) is 4.09. The van der Waals surface area contributed by atoms with E-state index in [4.69, 9.17) is 0 Å². The minimum Gasteiger partial charge on any atom is -0.315 e. The number of hydrogen-bond acceptors (Lipinski definition) is 3. The van der Waals surface area contributed by atoms with Crippen molar-refractivity contribution in [2.24, 2.45) is 0 Å². The van der Waals surface area contributed by atoms with Crippen LogP contribution in [-0.2, 0) is 5.75 Å². The smallest absolute Gasteiger partial charge is 0.0185 e. The quantitative estimate of drug-likeness (QED) is 0.692. The molecule has 0 radical (unpaired) electrons. The van der Waals surface area contributed by atoms with Crippen LogP contribution in [0, 0.1) is 0 Å². The normalized spacial score (nSPS) is 11.4. The van der Waals surface area contributed by atoms with Gasteiger partial charge in [-0.25, -0.2) is 0 Å². The number of rotatable bonds is 9. The molecule has 0 aromatic heterocycles. The van der Waals surface area contributed by atoms with Gasteiger partial charge in [0.15, 0.2) is 0 Å². The monoisotopic (exact) mass is 266 g/mol. The van der Waals surface area contributed by atoms with E-state index < -0.39 is 0 Å². The lowest BCUT2D eigenvalue weighted by molar-refractivity contribution is 0.274. The summed E-state index contributed by atoms with van der Waals surface area (Å²) in [5, 5.41) is 3.49. The maximum atomic E-state index is 3.49. The minimum atomic E-state index is 0.638. The first kappa shape index (κ1) is 15.5. The van der Waals surface area contributed by atoms with E-state index in [2.05, 4.69) is 61.4 Å². The van der Waals surface area contributed by atoms with Gasteiger partial charge in [-0.05, 0) is 26.5 Å². The number of nitrogens with one attached hydrogen (secondary N) is 1. The lowest BCUT2D eigenvalue weighted by Gasteiger charge is -2.20. The van der Waals surface area contributed by atoms with Gasteiger partial charge >= 0.3 is 0 Å². The summed E-state index contributed by atoms with van der Waals surface area (Å²) in [4.78, 5) is 2.37. The van der Waals surface area contributed by atoms with Gasteiger partial charge in [-0.3, -0.25) is 0 Å². The number of nitrogens with zero attached hydrogens (tertiary/aromatic N) is 1. The lowest BCUT2D eigenvalue weighted by atomic mass is 10.2. The van der Waals surface area contributed by atoms with Crippen molar-refractivity contribution in [1.29, 1.82) is 0 Å². The second kappa shape index (κ2) is 9.42. The van der Waals surface area contributed by atoms with Gasteiger partial charge in [0.05, 0.1) is 0 Å². The molecule has 102 valence electrons. The standard InChI is InChI=1S/C15H26N2S/c1-14(2)17(3)11-9-16-10-12-18-13-15-7-5-4-6-8-15/h4-8,14,16H,9-13H2,1-3H3. The number of thioether (sulfide) groups is 1. The van der Waals surface area contributed by atoms with Crippen LogP contribution in [0.2, 0.25) is 0 Å². The largest absolute Gasteiger partial charge is 0.315 e. The maximum Gasteiger partial charge on any atom is 0.0185 e. The molecule has 18 heavy (non-hydrogen) atoms. The molecule has 0 aliphatic heterocycles. The zero-order valence-electron chi connectivity index (χ0n) is 11.9. The second-order valence-electron chi connectivity index (χ2n) is 4.86. The van der Waals surface area contributed by atoms with E-state index in [1.165, 1.54) is 11.3 Å². The molecule has 0 saturated heterocycles. The third-order valence-electron chi connectivity index (χ3n) is 3.06. The molecule has 1 aromatic rings. The van der Waals surface area contributed by atoms with Gasteiger partial charge < -0.3 is 10.2 Å². The molecule has 3 heteroatoms. The highest BCUT2D eigenvalue weighted by atomic mass is 32.2. The Balaban J connectivity index is 1.93. The Morgan fingerprint density at radius 2 is 1.89 bits per heavy atom. The molecule has 0 heterocycles. The van der Waals surface area contributed by atoms with E-state index in [9.17, 15) is 0 Å². The molecule has 0 unspecified atom stereocenters. The molecule has 1 rings (SSSR count). The van der Waals surface area contributed by atoms with E-state index in [-0.39, 0.29) is 0 Å². The summed E-state index contributed by atoms with van der Waals surface area (Å²) in [6.07, 6.45) is 0. The van der Waals surface area contributed by atoms with E-state index in [0.29, 0.717) is 6.04 Å². The molecule has 0 fully saturated rings. The van der Waals surface area contributed by atoms with Crippen molar-refractivity contribution in [3.8, 4) is 0 Å². The summed E-state index contributed by atoms with van der Waals surface area (Å²) >= 11 is 2.00. The predicted molar refractivity (Wildman–Crippen MR) is 83.2 cm³/mol. The first-order valence-corrected chi connectivity index (χ1v) is 7.88. The average molecular weight is 266 g/mol. The van der Waals surface area contributed by atoms with Crippen molar-refractivity contribution >= 4 is 11.8 Å². The molecule has 0 amide bonds. The van der Waals surface area contributed by atoms with E-state index in [1.54, 1.807) is 0 Å². The van der Waals surface area contributed by atoms with Crippen LogP contribution in [0.3, 0.4) is 0 Å². The molecule has 0 atom stereocenters. The maximum absolute atomic E-state index is 3.49. The van der Waals surface area contributed by atoms with Gasteiger partial charge in [0.1, 0.15) is 0 Å². The summed E-state index contributed by atoms with van der Waals surface area (Å²) in [6.45, 7) is 7.77. The van der Waals surface area contributed by atoms with Crippen LogP contribution < -0.4 is 5.32 Å². The molecule has 2 nitrogen and oxygen atoms in total. The van der Waals surface area contributed by atoms with Crippen LogP contribution in [-0.4, -0.2) is 43.4 Å². The van der Waals surface area contributed by atoms with Crippen molar-refractivity contribution in [3.63, 3.8) is 0 Å². The Labute approximate surface area is 116 Å². The Morgan fingerprint density at radius 1 is 1.17 bits per heavy atom. The highest BCUT2D eigenvalue weighted by molar-refractivity contribution is 7.98. The lowest BCUT2D eigenvalue weighted by Crippen LogP contribution is -2.34. The van der Waals surface area contributed by atoms with Crippen LogP contribution in [0.15, 0.2) is 30.3 Å². The highest BCUT2D eigenvalue weighted by Crippen LogP contribution is 2.10. The molecule has 0 saturated carbocycles. The SMILES string of the molecule is CC(C)N(C)CCNCCSCc1ccccc1. The van der Waals surface area contributed by atoms with Crippen molar-refractivity contribution in [2.45, 2.75) is 25.6 Å². The number of benzene rings is 1. The Kier molecular flexibility index (Phi) is 8.14. The van der Waals surface area contributed by atoms with Crippen LogP contribution in [0.5, 0.6) is 0 Å². The summed E-state index contributed by atoms with van der Waals surface area (Å²) in [5.74, 6) is 2.30. The van der Waals surface area contributed by atoms with E-state index >= 15 is 0 Å². The fourth-order valence-corrected chi connectivity index (χ4v) is 2.41. The van der Waals surface area contributed by atoms with E-state index in [0.717, 1.165) is 25.4 Å². The second-order valence-corrected chi connectivity index (χ2v) is 5.97. The van der Waals surface area contributed by atoms with Gasteiger partial charge in [0.2, 0.25) is 0 Å². The highest BCUT2D eigenvalue weighted by Gasteiger charge is 2.01. The molecular formula is C15H26N2S. The molecule has 0 bridgehead atoms. The Morgan fingerprint density at radius 3 is 2.56 bits per heavy atom. The van der Waals surface area contributed by atoms with Crippen LogP contribution in [0.1, 0.15) is 19.4 Å². The number of likely N-dealkylation sites (N-methyl/N-ethyl adjacent to an activating group) is 1. The Bertz CT molecular complexity index is 301. The molecule has 1 N–H and O–H groups in total. The van der Waals surface area contributed by atoms with Crippen LogP contribution >= 0.6 is 11.8 Å². The molecule has 0 spiro atoms. The zero-order valence-corrected chi connectivity index (χ0v) is 12.7. The van der Waals surface area contributed by atoms with Crippen LogP contribution in [0.25, 0.3) is 0 Å². The fraction of sp³-hybridized carbons (Fsp3) is 0.600. The Hall–Kier alpha value is -0.510. The predicted octanol–water partition coefficient (Wildman–Crippen LogP) is 2.85. The van der Waals surface area contributed by atoms with Gasteiger partial charge in [0.25, 0.3) is 0 Å². The van der Waals surface area contributed by atoms with Gasteiger partial charge in [-0.2, -0.15) is 11.8 Å². The van der Waals surface area contributed by atoms with E-state index in [1.807, 2.05) is 11.8 Å². The third kappa shape index (κ3) is 7.04. The van der Waals surface area contributed by atoms with Crippen molar-refractivity contribution < 1.29 is 0 Å². The van der Waals surface area contributed by atoms with Crippen LogP contribution in [0.4, 0.5) is 0 Å². The number of hydrogen-bond donors (Lipinski definition) is 1. The first-order chi connectivity index (χ1) is 8.70. The summed E-state index contributed by atoms with van der Waals surface area (Å²) < 4.78 is 0. The fourth-order valence-electron chi connectivity index (χ4n) is 1.55.